The lowest BCUT2D eigenvalue weighted by molar-refractivity contribution is 0.0642. The van der Waals surface area contributed by atoms with Crippen LogP contribution in [0.3, 0.4) is 0 Å². The van der Waals surface area contributed by atoms with Gasteiger partial charge in [0.25, 0.3) is 0 Å². The number of carbonyl (C=O) groups excluding carboxylic acids is 1. The van der Waals surface area contributed by atoms with Crippen molar-refractivity contribution in [1.82, 2.24) is 4.90 Å². The van der Waals surface area contributed by atoms with Crippen molar-refractivity contribution in [3.63, 3.8) is 0 Å². The minimum Gasteiger partial charge on any atom is -0.491 e. The molecule has 1 aromatic carbocycles. The van der Waals surface area contributed by atoms with E-state index < -0.39 is 0 Å². The van der Waals surface area contributed by atoms with Crippen molar-refractivity contribution < 1.29 is 14.3 Å². The molecule has 1 unspecified atom stereocenters. The normalized spacial score (nSPS) is 31.4. The fourth-order valence-corrected chi connectivity index (χ4v) is 4.99. The summed E-state index contributed by atoms with van der Waals surface area (Å²) in [5.41, 5.74) is 2.14. The molecule has 4 nitrogen and oxygen atoms in total. The number of ketones is 1. The van der Waals surface area contributed by atoms with Crippen molar-refractivity contribution in [3.8, 4) is 5.75 Å². The van der Waals surface area contributed by atoms with E-state index in [9.17, 15) is 4.79 Å². The predicted octanol–water partition coefficient (Wildman–Crippen LogP) is 3.68. The summed E-state index contributed by atoms with van der Waals surface area (Å²) in [5, 5.41) is 0. The number of ether oxygens (including phenoxy) is 2. The minimum atomic E-state index is 0.0346. The summed E-state index contributed by atoms with van der Waals surface area (Å²) in [5.74, 6) is 2.31. The molecule has 1 saturated heterocycles. The molecule has 0 aromatic heterocycles. The summed E-state index contributed by atoms with van der Waals surface area (Å²) in [6, 6.07) is 6.10. The van der Waals surface area contributed by atoms with E-state index in [1.807, 2.05) is 12.1 Å². The highest BCUT2D eigenvalue weighted by atomic mass is 16.5. The highest BCUT2D eigenvalue weighted by Crippen LogP contribution is 2.49. The van der Waals surface area contributed by atoms with Crippen molar-refractivity contribution in [3.05, 3.63) is 29.3 Å². The number of carbonyl (C=O) groups is 1. The van der Waals surface area contributed by atoms with Crippen LogP contribution in [0.5, 0.6) is 5.75 Å². The number of hydrogen-bond donors (Lipinski definition) is 0. The molecule has 2 aliphatic carbocycles. The van der Waals surface area contributed by atoms with Crippen molar-refractivity contribution in [2.75, 3.05) is 33.4 Å². The Bertz CT molecular complexity index is 684. The molecule has 0 amide bonds. The molecule has 1 heterocycles. The first kappa shape index (κ1) is 18.0. The predicted molar refractivity (Wildman–Crippen MR) is 102 cm³/mol. The minimum absolute atomic E-state index is 0.0346. The quantitative estimate of drug-likeness (QED) is 0.728. The Morgan fingerprint density at radius 2 is 2.08 bits per heavy atom. The monoisotopic (exact) mass is 357 g/mol. The van der Waals surface area contributed by atoms with E-state index in [0.29, 0.717) is 24.9 Å². The van der Waals surface area contributed by atoms with Gasteiger partial charge in [0, 0.05) is 19.2 Å². The van der Waals surface area contributed by atoms with E-state index in [-0.39, 0.29) is 11.5 Å². The SMILES string of the molecule is COCCOc1ccc2c(c1)C1(C)CCCN(CC3CC3)[C@H](C2=O)[C@@H]1C. The van der Waals surface area contributed by atoms with Gasteiger partial charge < -0.3 is 9.47 Å². The molecule has 1 aromatic rings. The first-order valence-corrected chi connectivity index (χ1v) is 10.1. The Balaban J connectivity index is 1.68. The van der Waals surface area contributed by atoms with Crippen molar-refractivity contribution in [1.29, 1.82) is 0 Å². The molecule has 0 radical (unpaired) electrons. The zero-order valence-corrected chi connectivity index (χ0v) is 16.3. The summed E-state index contributed by atoms with van der Waals surface area (Å²) in [6.07, 6.45) is 4.96. The smallest absolute Gasteiger partial charge is 0.180 e. The maximum absolute atomic E-state index is 13.4. The molecular formula is C22H31NO3. The lowest BCUT2D eigenvalue weighted by Gasteiger charge is -2.46. The van der Waals surface area contributed by atoms with Gasteiger partial charge in [-0.15, -0.1) is 0 Å². The third kappa shape index (κ3) is 3.07. The van der Waals surface area contributed by atoms with Gasteiger partial charge in [0.15, 0.2) is 5.78 Å². The molecule has 142 valence electrons. The number of benzene rings is 1. The number of hydrogen-bond acceptors (Lipinski definition) is 4. The van der Waals surface area contributed by atoms with E-state index in [0.717, 1.165) is 43.2 Å². The summed E-state index contributed by atoms with van der Waals surface area (Å²) in [7, 11) is 1.68. The Morgan fingerprint density at radius 3 is 2.81 bits per heavy atom. The first-order chi connectivity index (χ1) is 12.5. The molecule has 3 aliphatic rings. The standard InChI is InChI=1S/C22H31NO3/c1-15-20-21(24)18-8-7-17(26-12-11-25-3)13-19(18)22(15,2)9-4-10-23(20)14-16-5-6-16/h7-8,13,15-16,20H,4-6,9-12,14H2,1-3H3/t15-,20-,22?/m0/s1. The fraction of sp³-hybridized carbons (Fsp3) is 0.682. The number of nitrogens with zero attached hydrogens (tertiary/aromatic N) is 1. The second-order valence-electron chi connectivity index (χ2n) is 8.61. The third-order valence-corrected chi connectivity index (χ3v) is 6.90. The van der Waals surface area contributed by atoms with Crippen LogP contribution in [0, 0.1) is 11.8 Å². The van der Waals surface area contributed by atoms with Crippen LogP contribution in [0.1, 0.15) is 55.5 Å². The van der Waals surface area contributed by atoms with Gasteiger partial charge in [0.05, 0.1) is 12.6 Å². The molecule has 1 saturated carbocycles. The van der Waals surface area contributed by atoms with Gasteiger partial charge in [-0.25, -0.2) is 0 Å². The molecule has 2 bridgehead atoms. The van der Waals surface area contributed by atoms with E-state index >= 15 is 0 Å². The Kier molecular flexibility index (Phi) is 4.83. The Hall–Kier alpha value is -1.39. The second kappa shape index (κ2) is 6.97. The van der Waals surface area contributed by atoms with Crippen LogP contribution in [0.4, 0.5) is 0 Å². The Morgan fingerprint density at radius 1 is 1.27 bits per heavy atom. The highest BCUT2D eigenvalue weighted by molar-refractivity contribution is 6.03. The van der Waals surface area contributed by atoms with Gasteiger partial charge in [-0.05, 0) is 73.2 Å². The van der Waals surface area contributed by atoms with Gasteiger partial charge in [-0.1, -0.05) is 13.8 Å². The van der Waals surface area contributed by atoms with Crippen LogP contribution in [0.25, 0.3) is 0 Å². The number of Topliss-reactive ketones (excluding diaryl/α,β-unsaturated/α-hetero) is 1. The zero-order valence-electron chi connectivity index (χ0n) is 16.3. The van der Waals surface area contributed by atoms with Crippen LogP contribution in [0.15, 0.2) is 18.2 Å². The second-order valence-corrected chi connectivity index (χ2v) is 8.61. The lowest BCUT2D eigenvalue weighted by atomic mass is 9.61. The topological polar surface area (TPSA) is 38.8 Å². The molecule has 3 atom stereocenters. The van der Waals surface area contributed by atoms with Crippen LogP contribution in [-0.4, -0.2) is 50.1 Å². The van der Waals surface area contributed by atoms with Gasteiger partial charge >= 0.3 is 0 Å². The summed E-state index contributed by atoms with van der Waals surface area (Å²) >= 11 is 0. The molecule has 1 aliphatic heterocycles. The van der Waals surface area contributed by atoms with Crippen LogP contribution in [0.2, 0.25) is 0 Å². The summed E-state index contributed by atoms with van der Waals surface area (Å²) < 4.78 is 10.9. The maximum Gasteiger partial charge on any atom is 0.180 e. The highest BCUT2D eigenvalue weighted by Gasteiger charge is 2.51. The van der Waals surface area contributed by atoms with Crippen molar-refractivity contribution in [2.45, 2.75) is 51.0 Å². The first-order valence-electron chi connectivity index (χ1n) is 10.1. The van der Waals surface area contributed by atoms with E-state index in [4.69, 9.17) is 9.47 Å². The van der Waals surface area contributed by atoms with Crippen LogP contribution >= 0.6 is 0 Å². The van der Waals surface area contributed by atoms with E-state index in [1.54, 1.807) is 7.11 Å². The molecule has 0 N–H and O–H groups in total. The van der Waals surface area contributed by atoms with Gasteiger partial charge in [-0.2, -0.15) is 0 Å². The molecular weight excluding hydrogens is 326 g/mol. The average molecular weight is 357 g/mol. The average Bonchev–Trinajstić information content (AvgIpc) is 3.44. The molecule has 26 heavy (non-hydrogen) atoms. The molecule has 0 spiro atoms. The molecule has 4 heteroatoms. The van der Waals surface area contributed by atoms with E-state index in [1.165, 1.54) is 18.4 Å². The van der Waals surface area contributed by atoms with Gasteiger partial charge in [0.2, 0.25) is 0 Å². The third-order valence-electron chi connectivity index (χ3n) is 6.90. The Labute approximate surface area is 156 Å². The largest absolute Gasteiger partial charge is 0.491 e. The number of fused-ring (bicyclic) bond motifs is 4. The summed E-state index contributed by atoms with van der Waals surface area (Å²) in [4.78, 5) is 15.9. The zero-order chi connectivity index (χ0) is 18.3. The van der Waals surface area contributed by atoms with Crippen molar-refractivity contribution >= 4 is 5.78 Å². The van der Waals surface area contributed by atoms with Crippen LogP contribution in [-0.2, 0) is 10.2 Å². The van der Waals surface area contributed by atoms with Gasteiger partial charge in [0.1, 0.15) is 12.4 Å². The summed E-state index contributed by atoms with van der Waals surface area (Å²) in [6.45, 7) is 7.91. The number of rotatable bonds is 6. The van der Waals surface area contributed by atoms with Crippen molar-refractivity contribution in [2.24, 2.45) is 11.8 Å². The number of methoxy groups -OCH3 is 1. The maximum atomic E-state index is 13.4. The van der Waals surface area contributed by atoms with Gasteiger partial charge in [-0.3, -0.25) is 9.69 Å². The fourth-order valence-electron chi connectivity index (χ4n) is 4.99. The number of likely N-dealkylation sites (tertiary alicyclic amines) is 1. The molecule has 2 fully saturated rings. The lowest BCUT2D eigenvalue weighted by Crippen LogP contribution is -2.53. The van der Waals surface area contributed by atoms with E-state index in [2.05, 4.69) is 24.8 Å². The molecule has 4 rings (SSSR count). The van der Waals surface area contributed by atoms with Crippen LogP contribution < -0.4 is 4.74 Å².